The van der Waals surface area contributed by atoms with Gasteiger partial charge >= 0.3 is 0 Å². The first-order valence-electron chi connectivity index (χ1n) is 6.78. The van der Waals surface area contributed by atoms with Crippen molar-refractivity contribution in [1.82, 2.24) is 9.38 Å². The van der Waals surface area contributed by atoms with Gasteiger partial charge in [-0.1, -0.05) is 18.2 Å². The van der Waals surface area contributed by atoms with Crippen molar-refractivity contribution in [1.29, 1.82) is 0 Å². The van der Waals surface area contributed by atoms with Crippen LogP contribution in [-0.4, -0.2) is 21.2 Å². The molecule has 0 aliphatic carbocycles. The van der Waals surface area contributed by atoms with E-state index in [4.69, 9.17) is 11.6 Å². The molecular formula is C16H13ClFN3O. The van der Waals surface area contributed by atoms with Crippen molar-refractivity contribution in [3.05, 3.63) is 54.5 Å². The molecule has 0 bridgehead atoms. The largest absolute Gasteiger partial charge is 0.310 e. The molecule has 3 rings (SSSR count). The molecule has 1 N–H and O–H groups in total. The fourth-order valence-electron chi connectivity index (χ4n) is 2.23. The number of aromatic nitrogens is 2. The van der Waals surface area contributed by atoms with Crippen LogP contribution in [0.25, 0.3) is 16.9 Å². The number of fused-ring (bicyclic) bond motifs is 1. The molecule has 112 valence electrons. The topological polar surface area (TPSA) is 46.4 Å². The van der Waals surface area contributed by atoms with Gasteiger partial charge in [-0.05, 0) is 24.3 Å². The van der Waals surface area contributed by atoms with Gasteiger partial charge in [-0.15, -0.1) is 11.6 Å². The van der Waals surface area contributed by atoms with E-state index in [0.717, 1.165) is 0 Å². The van der Waals surface area contributed by atoms with E-state index in [1.165, 1.54) is 12.1 Å². The van der Waals surface area contributed by atoms with E-state index in [-0.39, 0.29) is 24.0 Å². The number of alkyl halides is 1. The van der Waals surface area contributed by atoms with Crippen LogP contribution in [0.3, 0.4) is 0 Å². The van der Waals surface area contributed by atoms with Crippen LogP contribution in [0.2, 0.25) is 0 Å². The van der Waals surface area contributed by atoms with Crippen LogP contribution in [0.15, 0.2) is 48.7 Å². The highest BCUT2D eigenvalue weighted by Crippen LogP contribution is 2.29. The van der Waals surface area contributed by atoms with E-state index in [9.17, 15) is 9.18 Å². The summed E-state index contributed by atoms with van der Waals surface area (Å²) in [5.74, 6) is 0.180. The maximum Gasteiger partial charge on any atom is 0.226 e. The number of hydrogen-bond donors (Lipinski definition) is 1. The zero-order chi connectivity index (χ0) is 15.5. The van der Waals surface area contributed by atoms with Gasteiger partial charge in [-0.25, -0.2) is 9.37 Å². The van der Waals surface area contributed by atoms with Gasteiger partial charge in [0.2, 0.25) is 5.91 Å². The zero-order valence-corrected chi connectivity index (χ0v) is 12.3. The van der Waals surface area contributed by atoms with Gasteiger partial charge < -0.3 is 5.32 Å². The second kappa shape index (κ2) is 6.15. The van der Waals surface area contributed by atoms with Crippen molar-refractivity contribution in [2.24, 2.45) is 0 Å². The third-order valence-electron chi connectivity index (χ3n) is 3.21. The van der Waals surface area contributed by atoms with E-state index in [0.29, 0.717) is 22.7 Å². The summed E-state index contributed by atoms with van der Waals surface area (Å²) >= 11 is 5.60. The number of rotatable bonds is 4. The van der Waals surface area contributed by atoms with E-state index in [1.54, 1.807) is 22.7 Å². The normalized spacial score (nSPS) is 10.8. The Hall–Kier alpha value is -2.40. The third-order valence-corrected chi connectivity index (χ3v) is 3.40. The van der Waals surface area contributed by atoms with Gasteiger partial charge in [0.15, 0.2) is 0 Å². The third kappa shape index (κ3) is 2.80. The van der Waals surface area contributed by atoms with Crippen molar-refractivity contribution in [3.63, 3.8) is 0 Å². The molecule has 0 atom stereocenters. The van der Waals surface area contributed by atoms with E-state index < -0.39 is 0 Å². The summed E-state index contributed by atoms with van der Waals surface area (Å²) in [5, 5.41) is 2.81. The number of imidazole rings is 1. The first-order valence-corrected chi connectivity index (χ1v) is 7.31. The van der Waals surface area contributed by atoms with Crippen molar-refractivity contribution < 1.29 is 9.18 Å². The Balaban J connectivity index is 2.14. The number of hydrogen-bond acceptors (Lipinski definition) is 2. The predicted octanol–water partition coefficient (Wildman–Crippen LogP) is 3.71. The first kappa shape index (κ1) is 14.5. The second-order valence-electron chi connectivity index (χ2n) is 4.74. The molecule has 2 heterocycles. The molecule has 0 fully saturated rings. The van der Waals surface area contributed by atoms with Gasteiger partial charge in [0.05, 0.1) is 0 Å². The van der Waals surface area contributed by atoms with E-state index in [1.807, 2.05) is 18.2 Å². The van der Waals surface area contributed by atoms with Crippen molar-refractivity contribution in [3.8, 4) is 11.3 Å². The maximum absolute atomic E-state index is 13.5. The fraction of sp³-hybridized carbons (Fsp3) is 0.125. The average Bonchev–Trinajstić information content (AvgIpc) is 2.86. The van der Waals surface area contributed by atoms with Crippen LogP contribution in [0.1, 0.15) is 6.42 Å². The van der Waals surface area contributed by atoms with E-state index >= 15 is 0 Å². The molecule has 0 saturated heterocycles. The highest BCUT2D eigenvalue weighted by Gasteiger charge is 2.16. The Morgan fingerprint density at radius 2 is 2.14 bits per heavy atom. The Morgan fingerprint density at radius 1 is 1.27 bits per heavy atom. The molecule has 0 aliphatic heterocycles. The van der Waals surface area contributed by atoms with Gasteiger partial charge in [-0.2, -0.15) is 0 Å². The number of benzene rings is 1. The summed E-state index contributed by atoms with van der Waals surface area (Å²) in [7, 11) is 0. The number of amides is 1. The molecule has 2 aromatic heterocycles. The summed E-state index contributed by atoms with van der Waals surface area (Å²) in [5.41, 5.74) is 1.79. The molecular weight excluding hydrogens is 305 g/mol. The minimum Gasteiger partial charge on any atom is -0.310 e. The summed E-state index contributed by atoms with van der Waals surface area (Å²) in [6, 6.07) is 11.6. The van der Waals surface area contributed by atoms with Gasteiger partial charge in [0.1, 0.15) is 23.0 Å². The maximum atomic E-state index is 13.5. The van der Waals surface area contributed by atoms with Crippen molar-refractivity contribution in [2.45, 2.75) is 6.42 Å². The number of carbonyl (C=O) groups excluding carboxylic acids is 1. The highest BCUT2D eigenvalue weighted by atomic mass is 35.5. The zero-order valence-electron chi connectivity index (χ0n) is 11.6. The molecule has 0 spiro atoms. The molecule has 0 radical (unpaired) electrons. The molecule has 4 nitrogen and oxygen atoms in total. The van der Waals surface area contributed by atoms with Crippen LogP contribution in [-0.2, 0) is 4.79 Å². The lowest BCUT2D eigenvalue weighted by Crippen LogP contribution is -2.13. The highest BCUT2D eigenvalue weighted by molar-refractivity contribution is 6.19. The molecule has 1 amide bonds. The lowest BCUT2D eigenvalue weighted by molar-refractivity contribution is -0.115. The molecule has 0 unspecified atom stereocenters. The van der Waals surface area contributed by atoms with Crippen LogP contribution in [0.4, 0.5) is 10.2 Å². The number of nitrogens with one attached hydrogen (secondary N) is 1. The fourth-order valence-corrected chi connectivity index (χ4v) is 2.40. The SMILES string of the molecule is O=C(CCCl)Nc1c(-c2cccc(F)c2)nc2ccccn12. The molecule has 3 aromatic rings. The molecule has 1 aromatic carbocycles. The Bertz CT molecular complexity index is 831. The summed E-state index contributed by atoms with van der Waals surface area (Å²) in [4.78, 5) is 16.4. The molecule has 0 saturated carbocycles. The quantitative estimate of drug-likeness (QED) is 0.746. The Labute approximate surface area is 131 Å². The summed E-state index contributed by atoms with van der Waals surface area (Å²) < 4.78 is 15.2. The van der Waals surface area contributed by atoms with Crippen LogP contribution >= 0.6 is 11.6 Å². The van der Waals surface area contributed by atoms with Gasteiger partial charge in [0.25, 0.3) is 0 Å². The predicted molar refractivity (Wildman–Crippen MR) is 84.6 cm³/mol. The number of anilines is 1. The standard InChI is InChI=1S/C16H13ClFN3O/c17-8-7-14(22)20-16-15(11-4-3-5-12(18)10-11)19-13-6-1-2-9-21(13)16/h1-6,9-10H,7-8H2,(H,20,22). The second-order valence-corrected chi connectivity index (χ2v) is 5.11. The van der Waals surface area contributed by atoms with Gasteiger partial charge in [-0.3, -0.25) is 9.20 Å². The first-order chi connectivity index (χ1) is 10.7. The van der Waals surface area contributed by atoms with Crippen LogP contribution < -0.4 is 5.32 Å². The monoisotopic (exact) mass is 317 g/mol. The number of carbonyl (C=O) groups is 1. The van der Waals surface area contributed by atoms with Crippen molar-refractivity contribution in [2.75, 3.05) is 11.2 Å². The summed E-state index contributed by atoms with van der Waals surface area (Å²) in [6.45, 7) is 0. The number of pyridine rings is 1. The van der Waals surface area contributed by atoms with E-state index in [2.05, 4.69) is 10.3 Å². The minimum absolute atomic E-state index is 0.199. The van der Waals surface area contributed by atoms with Crippen LogP contribution in [0.5, 0.6) is 0 Å². The van der Waals surface area contributed by atoms with Crippen molar-refractivity contribution >= 4 is 29.0 Å². The average molecular weight is 318 g/mol. The Kier molecular flexibility index (Phi) is 4.06. The molecule has 6 heteroatoms. The molecule has 0 aliphatic rings. The lowest BCUT2D eigenvalue weighted by Gasteiger charge is -2.07. The molecule has 22 heavy (non-hydrogen) atoms. The summed E-state index contributed by atoms with van der Waals surface area (Å²) in [6.07, 6.45) is 1.99. The van der Waals surface area contributed by atoms with Crippen LogP contribution in [0, 0.1) is 5.82 Å². The smallest absolute Gasteiger partial charge is 0.226 e. The Morgan fingerprint density at radius 3 is 2.91 bits per heavy atom. The minimum atomic E-state index is -0.354. The van der Waals surface area contributed by atoms with Gasteiger partial charge in [0, 0.05) is 24.1 Å². The number of halogens is 2. The lowest BCUT2D eigenvalue weighted by atomic mass is 10.1. The number of nitrogens with zero attached hydrogens (tertiary/aromatic N) is 2.